The van der Waals surface area contributed by atoms with Crippen molar-refractivity contribution in [3.63, 3.8) is 0 Å². The normalized spacial score (nSPS) is 16.4. The highest BCUT2D eigenvalue weighted by atomic mass is 35.5. The highest BCUT2D eigenvalue weighted by Gasteiger charge is 2.35. The van der Waals surface area contributed by atoms with E-state index in [1.54, 1.807) is 12.1 Å². The molecular weight excluding hydrogens is 254 g/mol. The smallest absolute Gasteiger partial charge is 0.294 e. The van der Waals surface area contributed by atoms with Crippen LogP contribution in [0.25, 0.3) is 0 Å². The number of benzene rings is 1. The fourth-order valence-electron chi connectivity index (χ4n) is 2.31. The summed E-state index contributed by atoms with van der Waals surface area (Å²) in [6.45, 7) is 0.476. The van der Waals surface area contributed by atoms with Crippen LogP contribution in [0.5, 0.6) is 0 Å². The van der Waals surface area contributed by atoms with E-state index in [4.69, 9.17) is 17.3 Å². The van der Waals surface area contributed by atoms with Crippen molar-refractivity contribution in [1.29, 1.82) is 0 Å². The fourth-order valence-corrected chi connectivity index (χ4v) is 2.62. The van der Waals surface area contributed by atoms with Gasteiger partial charge in [0.25, 0.3) is 5.69 Å². The van der Waals surface area contributed by atoms with Gasteiger partial charge in [-0.1, -0.05) is 17.7 Å². The first-order valence-corrected chi connectivity index (χ1v) is 6.30. The van der Waals surface area contributed by atoms with Gasteiger partial charge in [-0.2, -0.15) is 0 Å². The molecule has 1 aromatic carbocycles. The largest absolute Gasteiger partial charge is 0.363 e. The minimum absolute atomic E-state index is 0.0316. The average molecular weight is 270 g/mol. The molecule has 0 bridgehead atoms. The number of rotatable bonds is 5. The van der Waals surface area contributed by atoms with Crippen LogP contribution in [-0.2, 0) is 0 Å². The van der Waals surface area contributed by atoms with Crippen LogP contribution >= 0.6 is 11.6 Å². The molecule has 1 aliphatic rings. The number of halogens is 1. The van der Waals surface area contributed by atoms with Crippen LogP contribution in [-0.4, -0.2) is 24.6 Å². The minimum atomic E-state index is -0.405. The molecule has 2 rings (SSSR count). The number of hydrogen-bond donors (Lipinski definition) is 1. The van der Waals surface area contributed by atoms with Crippen LogP contribution in [0.1, 0.15) is 12.8 Å². The monoisotopic (exact) mass is 269 g/mol. The molecule has 1 fully saturated rings. The molecule has 2 N–H and O–H groups in total. The molecule has 5 nitrogen and oxygen atoms in total. The molecule has 0 amide bonds. The Labute approximate surface area is 111 Å². The summed E-state index contributed by atoms with van der Waals surface area (Å²) in [6, 6.07) is 4.84. The Morgan fingerprint density at radius 2 is 2.28 bits per heavy atom. The van der Waals surface area contributed by atoms with Crippen LogP contribution in [0.4, 0.5) is 11.4 Å². The zero-order valence-corrected chi connectivity index (χ0v) is 10.9. The fraction of sp³-hybridized carbons (Fsp3) is 0.500. The molecule has 0 saturated heterocycles. The second-order valence-electron chi connectivity index (χ2n) is 4.62. The first-order chi connectivity index (χ1) is 8.56. The summed E-state index contributed by atoms with van der Waals surface area (Å²) in [5.74, 6) is 0.524. The Bertz CT molecular complexity index is 463. The van der Waals surface area contributed by atoms with Gasteiger partial charge in [-0.25, -0.2) is 0 Å². The molecule has 1 aromatic rings. The first kappa shape index (κ1) is 13.1. The van der Waals surface area contributed by atoms with Crippen molar-refractivity contribution in [3.05, 3.63) is 33.3 Å². The van der Waals surface area contributed by atoms with Gasteiger partial charge in [0.15, 0.2) is 0 Å². The highest BCUT2D eigenvalue weighted by molar-refractivity contribution is 6.33. The van der Waals surface area contributed by atoms with E-state index in [2.05, 4.69) is 0 Å². The second-order valence-corrected chi connectivity index (χ2v) is 5.02. The standard InChI is InChI=1S/C12H16ClN3O2/c1-15(11(7-14)8-5-6-8)12-9(13)3-2-4-10(12)16(17)18/h2-4,8,11H,5-7,14H2,1H3. The Morgan fingerprint density at radius 3 is 2.78 bits per heavy atom. The summed E-state index contributed by atoms with van der Waals surface area (Å²) in [5, 5.41) is 11.5. The molecule has 18 heavy (non-hydrogen) atoms. The van der Waals surface area contributed by atoms with Crippen molar-refractivity contribution >= 4 is 23.0 Å². The van der Waals surface area contributed by atoms with E-state index in [1.807, 2.05) is 11.9 Å². The lowest BCUT2D eigenvalue weighted by molar-refractivity contribution is -0.384. The van der Waals surface area contributed by atoms with E-state index in [0.717, 1.165) is 12.8 Å². The summed E-state index contributed by atoms with van der Waals surface area (Å²) in [4.78, 5) is 12.5. The van der Waals surface area contributed by atoms with Crippen molar-refractivity contribution < 1.29 is 4.92 Å². The predicted octanol–water partition coefficient (Wildman–Crippen LogP) is 2.42. The van der Waals surface area contributed by atoms with Crippen molar-refractivity contribution in [2.75, 3.05) is 18.5 Å². The number of hydrogen-bond acceptors (Lipinski definition) is 4. The number of nitro benzene ring substituents is 1. The van der Waals surface area contributed by atoms with E-state index in [-0.39, 0.29) is 11.7 Å². The van der Waals surface area contributed by atoms with Gasteiger partial charge in [0.2, 0.25) is 0 Å². The topological polar surface area (TPSA) is 72.4 Å². The second kappa shape index (κ2) is 5.12. The van der Waals surface area contributed by atoms with Gasteiger partial charge >= 0.3 is 0 Å². The third-order valence-corrected chi connectivity index (χ3v) is 3.73. The van der Waals surface area contributed by atoms with Crippen LogP contribution in [0.2, 0.25) is 5.02 Å². The van der Waals surface area contributed by atoms with Crippen LogP contribution in [0, 0.1) is 16.0 Å². The Kier molecular flexibility index (Phi) is 3.73. The third kappa shape index (κ3) is 2.42. The molecule has 1 aliphatic carbocycles. The van der Waals surface area contributed by atoms with Crippen molar-refractivity contribution in [1.82, 2.24) is 0 Å². The number of nitrogens with two attached hydrogens (primary N) is 1. The predicted molar refractivity (Wildman–Crippen MR) is 72.1 cm³/mol. The highest BCUT2D eigenvalue weighted by Crippen LogP contribution is 2.41. The summed E-state index contributed by atoms with van der Waals surface area (Å²) < 4.78 is 0. The summed E-state index contributed by atoms with van der Waals surface area (Å²) in [7, 11) is 1.82. The number of anilines is 1. The lowest BCUT2D eigenvalue weighted by atomic mass is 10.1. The summed E-state index contributed by atoms with van der Waals surface area (Å²) in [5.41, 5.74) is 6.27. The van der Waals surface area contributed by atoms with Crippen molar-refractivity contribution in [2.24, 2.45) is 11.7 Å². The van der Waals surface area contributed by atoms with E-state index in [0.29, 0.717) is 23.2 Å². The van der Waals surface area contributed by atoms with Gasteiger partial charge in [0, 0.05) is 25.7 Å². The average Bonchev–Trinajstić information content (AvgIpc) is 3.13. The molecule has 0 spiro atoms. The van der Waals surface area contributed by atoms with Gasteiger partial charge in [-0.05, 0) is 24.8 Å². The summed E-state index contributed by atoms with van der Waals surface area (Å²) in [6.07, 6.45) is 2.26. The van der Waals surface area contributed by atoms with Gasteiger partial charge in [0.05, 0.1) is 9.95 Å². The Morgan fingerprint density at radius 1 is 1.61 bits per heavy atom. The SMILES string of the molecule is CN(c1c(Cl)cccc1[N+](=O)[O-])C(CN)C1CC1. The van der Waals surface area contributed by atoms with E-state index in [9.17, 15) is 10.1 Å². The van der Waals surface area contributed by atoms with Crippen LogP contribution in [0.3, 0.4) is 0 Å². The molecule has 0 aliphatic heterocycles. The lowest BCUT2D eigenvalue weighted by Gasteiger charge is -2.29. The number of para-hydroxylation sites is 1. The first-order valence-electron chi connectivity index (χ1n) is 5.92. The van der Waals surface area contributed by atoms with Gasteiger partial charge in [0.1, 0.15) is 5.69 Å². The van der Waals surface area contributed by atoms with E-state index < -0.39 is 4.92 Å². The van der Waals surface area contributed by atoms with Gasteiger partial charge < -0.3 is 10.6 Å². The summed E-state index contributed by atoms with van der Waals surface area (Å²) >= 11 is 6.11. The Balaban J connectivity index is 2.39. The van der Waals surface area contributed by atoms with Crippen LogP contribution < -0.4 is 10.6 Å². The third-order valence-electron chi connectivity index (χ3n) is 3.42. The zero-order chi connectivity index (χ0) is 13.3. The molecule has 98 valence electrons. The molecule has 0 aromatic heterocycles. The molecule has 1 saturated carbocycles. The van der Waals surface area contributed by atoms with Crippen LogP contribution in [0.15, 0.2) is 18.2 Å². The molecule has 0 heterocycles. The van der Waals surface area contributed by atoms with Crippen molar-refractivity contribution in [2.45, 2.75) is 18.9 Å². The van der Waals surface area contributed by atoms with E-state index >= 15 is 0 Å². The number of nitrogens with zero attached hydrogens (tertiary/aromatic N) is 2. The molecule has 0 radical (unpaired) electrons. The molecule has 1 unspecified atom stereocenters. The minimum Gasteiger partial charge on any atom is -0.363 e. The van der Waals surface area contributed by atoms with Crippen molar-refractivity contribution in [3.8, 4) is 0 Å². The van der Waals surface area contributed by atoms with Gasteiger partial charge in [-0.15, -0.1) is 0 Å². The molecule has 6 heteroatoms. The molecule has 1 atom stereocenters. The molecular formula is C12H16ClN3O2. The number of likely N-dealkylation sites (N-methyl/N-ethyl adjacent to an activating group) is 1. The lowest BCUT2D eigenvalue weighted by Crippen LogP contribution is -2.40. The quantitative estimate of drug-likeness (QED) is 0.658. The number of nitro groups is 1. The van der Waals surface area contributed by atoms with Gasteiger partial charge in [-0.3, -0.25) is 10.1 Å². The van der Waals surface area contributed by atoms with E-state index in [1.165, 1.54) is 6.07 Å². The Hall–Kier alpha value is -1.33. The maximum absolute atomic E-state index is 11.1. The maximum atomic E-state index is 11.1. The zero-order valence-electron chi connectivity index (χ0n) is 10.2. The maximum Gasteiger partial charge on any atom is 0.294 e.